The molecule has 0 aliphatic carbocycles. The predicted molar refractivity (Wildman–Crippen MR) is 142 cm³/mol. The summed E-state index contributed by atoms with van der Waals surface area (Å²) >= 11 is 5.79. The average molecular weight is 479 g/mol. The van der Waals surface area contributed by atoms with Gasteiger partial charge in [0.05, 0.1) is 19.8 Å². The molecule has 3 aromatic rings. The Morgan fingerprint density at radius 3 is 2.62 bits per heavy atom. The van der Waals surface area contributed by atoms with E-state index in [0.717, 1.165) is 62.3 Å². The van der Waals surface area contributed by atoms with Crippen LogP contribution in [0.5, 0.6) is 0 Å². The summed E-state index contributed by atoms with van der Waals surface area (Å²) in [6, 6.07) is 16.4. The van der Waals surface area contributed by atoms with Gasteiger partial charge in [-0.1, -0.05) is 30.3 Å². The van der Waals surface area contributed by atoms with Crippen LogP contribution in [0.3, 0.4) is 0 Å². The van der Waals surface area contributed by atoms with Gasteiger partial charge in [-0.25, -0.2) is 0 Å². The molecular formula is C27H34N4O2S. The Morgan fingerprint density at radius 1 is 1.12 bits per heavy atom. The molecule has 7 heteroatoms. The maximum atomic E-state index is 12.9. The largest absolute Gasteiger partial charge is 0.379 e. The molecular weight excluding hydrogens is 444 g/mol. The van der Waals surface area contributed by atoms with Crippen molar-refractivity contribution in [3.8, 4) is 0 Å². The molecule has 0 bridgehead atoms. The molecule has 0 atom stereocenters. The summed E-state index contributed by atoms with van der Waals surface area (Å²) in [5.74, 6) is 0. The molecule has 0 saturated carbocycles. The molecule has 0 unspecified atom stereocenters. The summed E-state index contributed by atoms with van der Waals surface area (Å²) < 4.78 is 5.46. The van der Waals surface area contributed by atoms with Crippen LogP contribution >= 0.6 is 12.2 Å². The number of H-pyrrole nitrogens is 1. The van der Waals surface area contributed by atoms with Crippen molar-refractivity contribution in [3.05, 3.63) is 81.1 Å². The number of aryl methyl sites for hydroxylation is 2. The molecule has 34 heavy (non-hydrogen) atoms. The summed E-state index contributed by atoms with van der Waals surface area (Å²) in [7, 11) is 0. The van der Waals surface area contributed by atoms with E-state index in [9.17, 15) is 4.79 Å². The van der Waals surface area contributed by atoms with Gasteiger partial charge in [-0.15, -0.1) is 0 Å². The second-order valence-corrected chi connectivity index (χ2v) is 9.41. The number of rotatable bonds is 8. The van der Waals surface area contributed by atoms with Crippen molar-refractivity contribution in [2.24, 2.45) is 0 Å². The van der Waals surface area contributed by atoms with Crippen LogP contribution in [0.2, 0.25) is 0 Å². The molecule has 4 rings (SSSR count). The van der Waals surface area contributed by atoms with Crippen molar-refractivity contribution in [1.82, 2.24) is 20.1 Å². The second kappa shape index (κ2) is 11.6. The van der Waals surface area contributed by atoms with Gasteiger partial charge in [-0.05, 0) is 72.8 Å². The maximum Gasteiger partial charge on any atom is 0.253 e. The maximum absolute atomic E-state index is 12.9. The zero-order valence-electron chi connectivity index (χ0n) is 20.1. The van der Waals surface area contributed by atoms with Gasteiger partial charge in [0.2, 0.25) is 0 Å². The van der Waals surface area contributed by atoms with Crippen LogP contribution in [-0.4, -0.2) is 59.3 Å². The fourth-order valence-corrected chi connectivity index (χ4v) is 4.52. The molecule has 0 amide bonds. The third-order valence-corrected chi connectivity index (χ3v) is 6.88. The number of pyridine rings is 1. The van der Waals surface area contributed by atoms with Crippen molar-refractivity contribution in [2.75, 3.05) is 39.4 Å². The topological polar surface area (TPSA) is 60.6 Å². The number of nitrogens with one attached hydrogen (secondary N) is 2. The summed E-state index contributed by atoms with van der Waals surface area (Å²) in [5.41, 5.74) is 5.11. The van der Waals surface area contributed by atoms with Crippen LogP contribution in [0.4, 0.5) is 0 Å². The predicted octanol–water partition coefficient (Wildman–Crippen LogP) is 3.74. The highest BCUT2D eigenvalue weighted by atomic mass is 32.1. The Morgan fingerprint density at radius 2 is 1.85 bits per heavy atom. The average Bonchev–Trinajstić information content (AvgIpc) is 2.85. The van der Waals surface area contributed by atoms with Gasteiger partial charge in [0.15, 0.2) is 5.11 Å². The molecule has 2 heterocycles. The van der Waals surface area contributed by atoms with E-state index in [4.69, 9.17) is 17.0 Å². The molecule has 6 nitrogen and oxygen atoms in total. The van der Waals surface area contributed by atoms with Crippen molar-refractivity contribution < 1.29 is 4.74 Å². The number of aromatic nitrogens is 1. The highest BCUT2D eigenvalue weighted by Crippen LogP contribution is 2.18. The van der Waals surface area contributed by atoms with Gasteiger partial charge in [-0.3, -0.25) is 9.69 Å². The standard InChI is InChI=1S/C27H34N4O2S/c1-20-15-23-17-24(26(32)29-25(23)16-21(20)2)19-31(10-6-9-30-11-13-33-14-12-30)27(34)28-18-22-7-4-3-5-8-22/h3-5,7-8,15-17H,6,9-14,18-19H2,1-2H3,(H,28,34)(H,29,32). The summed E-state index contributed by atoms with van der Waals surface area (Å²) in [4.78, 5) is 20.5. The first kappa shape index (κ1) is 24.4. The Kier molecular flexibility index (Phi) is 8.32. The fraction of sp³-hybridized carbons (Fsp3) is 0.407. The van der Waals surface area contributed by atoms with Crippen molar-refractivity contribution >= 4 is 28.2 Å². The lowest BCUT2D eigenvalue weighted by Gasteiger charge is -2.29. The van der Waals surface area contributed by atoms with Gasteiger partial charge in [0.25, 0.3) is 5.56 Å². The molecule has 1 aliphatic heterocycles. The molecule has 1 aromatic heterocycles. The van der Waals surface area contributed by atoms with Crippen LogP contribution in [0.25, 0.3) is 10.9 Å². The van der Waals surface area contributed by atoms with Crippen molar-refractivity contribution in [2.45, 2.75) is 33.4 Å². The zero-order valence-corrected chi connectivity index (χ0v) is 20.9. The lowest BCUT2D eigenvalue weighted by atomic mass is 10.0. The number of hydrogen-bond acceptors (Lipinski definition) is 4. The quantitative estimate of drug-likeness (QED) is 0.481. The highest BCUT2D eigenvalue weighted by molar-refractivity contribution is 7.80. The van der Waals surface area contributed by atoms with Crippen LogP contribution in [-0.2, 0) is 17.8 Å². The van der Waals surface area contributed by atoms with Crippen LogP contribution in [0.1, 0.15) is 28.7 Å². The fourth-order valence-electron chi connectivity index (χ4n) is 4.29. The number of aromatic amines is 1. The summed E-state index contributed by atoms with van der Waals surface area (Å²) in [6.07, 6.45) is 0.969. The van der Waals surface area contributed by atoms with E-state index in [1.165, 1.54) is 16.7 Å². The van der Waals surface area contributed by atoms with E-state index in [1.54, 1.807) is 0 Å². The normalized spacial score (nSPS) is 14.3. The molecule has 2 N–H and O–H groups in total. The van der Waals surface area contributed by atoms with E-state index in [0.29, 0.717) is 18.2 Å². The number of benzene rings is 2. The Labute approximate surface area is 206 Å². The van der Waals surface area contributed by atoms with Crippen LogP contribution in [0, 0.1) is 13.8 Å². The Balaban J connectivity index is 1.49. The SMILES string of the molecule is Cc1cc2cc(CN(CCCN3CCOCC3)C(=S)NCc3ccccc3)c(=O)[nH]c2cc1C. The lowest BCUT2D eigenvalue weighted by molar-refractivity contribution is 0.0367. The molecule has 2 aromatic carbocycles. The number of fused-ring (bicyclic) bond motifs is 1. The number of thiocarbonyl (C=S) groups is 1. The molecule has 180 valence electrons. The molecule has 0 spiro atoms. The minimum atomic E-state index is -0.0557. The van der Waals surface area contributed by atoms with E-state index in [2.05, 4.69) is 52.1 Å². The van der Waals surface area contributed by atoms with Crippen LogP contribution < -0.4 is 10.9 Å². The first-order chi connectivity index (χ1) is 16.5. The Hall–Kier alpha value is -2.74. The number of nitrogens with zero attached hydrogens (tertiary/aromatic N) is 2. The molecule has 1 saturated heterocycles. The summed E-state index contributed by atoms with van der Waals surface area (Å²) in [6.45, 7) is 10.6. The highest BCUT2D eigenvalue weighted by Gasteiger charge is 2.16. The van der Waals surface area contributed by atoms with Crippen LogP contribution in [0.15, 0.2) is 53.3 Å². The van der Waals surface area contributed by atoms with Gasteiger partial charge >= 0.3 is 0 Å². The zero-order chi connectivity index (χ0) is 23.9. The van der Waals surface area contributed by atoms with Gasteiger partial charge in [0.1, 0.15) is 0 Å². The van der Waals surface area contributed by atoms with Gasteiger partial charge in [0, 0.05) is 43.8 Å². The van der Waals surface area contributed by atoms with E-state index in [-0.39, 0.29) is 5.56 Å². The van der Waals surface area contributed by atoms with E-state index in [1.807, 2.05) is 30.3 Å². The van der Waals surface area contributed by atoms with Crippen molar-refractivity contribution in [1.29, 1.82) is 0 Å². The van der Waals surface area contributed by atoms with E-state index >= 15 is 0 Å². The molecule has 1 fully saturated rings. The van der Waals surface area contributed by atoms with E-state index < -0.39 is 0 Å². The molecule has 1 aliphatic rings. The Bertz CT molecular complexity index is 1170. The number of morpholine rings is 1. The first-order valence-corrected chi connectivity index (χ1v) is 12.4. The third kappa shape index (κ3) is 6.44. The molecule has 0 radical (unpaired) electrons. The lowest BCUT2D eigenvalue weighted by Crippen LogP contribution is -2.42. The van der Waals surface area contributed by atoms with Gasteiger partial charge < -0.3 is 19.9 Å². The monoisotopic (exact) mass is 478 g/mol. The van der Waals surface area contributed by atoms with Gasteiger partial charge in [-0.2, -0.15) is 0 Å². The summed E-state index contributed by atoms with van der Waals surface area (Å²) in [5, 5.41) is 5.11. The number of ether oxygens (including phenoxy) is 1. The minimum absolute atomic E-state index is 0.0557. The second-order valence-electron chi connectivity index (χ2n) is 9.02. The first-order valence-electron chi connectivity index (χ1n) is 12.0. The van der Waals surface area contributed by atoms with Crippen molar-refractivity contribution in [3.63, 3.8) is 0 Å². The smallest absolute Gasteiger partial charge is 0.253 e. The number of hydrogen-bond donors (Lipinski definition) is 2. The third-order valence-electron chi connectivity index (χ3n) is 6.48. The minimum Gasteiger partial charge on any atom is -0.379 e.